The summed E-state index contributed by atoms with van der Waals surface area (Å²) < 4.78 is 0. The van der Waals surface area contributed by atoms with Crippen molar-refractivity contribution in [3.63, 3.8) is 0 Å². The largest absolute Gasteiger partial charge is 0.313 e. The van der Waals surface area contributed by atoms with Crippen molar-refractivity contribution in [2.75, 3.05) is 26.2 Å². The van der Waals surface area contributed by atoms with Crippen molar-refractivity contribution in [1.29, 1.82) is 0 Å². The van der Waals surface area contributed by atoms with Gasteiger partial charge in [-0.25, -0.2) is 0 Å². The van der Waals surface area contributed by atoms with E-state index in [1.54, 1.807) is 0 Å². The molecule has 0 saturated heterocycles. The molecule has 114 valence electrons. The van der Waals surface area contributed by atoms with E-state index < -0.39 is 0 Å². The summed E-state index contributed by atoms with van der Waals surface area (Å²) in [5.41, 5.74) is 0. The number of rotatable bonds is 12. The molecule has 0 aliphatic carbocycles. The van der Waals surface area contributed by atoms with Crippen molar-refractivity contribution in [2.24, 2.45) is 0 Å². The lowest BCUT2D eigenvalue weighted by Gasteiger charge is -2.21. The molecule has 0 rings (SSSR count). The average molecular weight is 270 g/mol. The molecule has 1 N–H and O–H groups in total. The van der Waals surface area contributed by atoms with Gasteiger partial charge < -0.3 is 10.1 Å². The van der Waals surface area contributed by atoms with Crippen LogP contribution in [0.5, 0.6) is 0 Å². The molecule has 0 aliphatic heterocycles. The van der Waals surface area contributed by atoms with E-state index >= 15 is 0 Å². The minimum atomic E-state index is 0.259. The first-order chi connectivity index (χ1) is 9.15. The van der Waals surface area contributed by atoms with E-state index in [2.05, 4.69) is 44.7 Å². The minimum absolute atomic E-state index is 0.259. The van der Waals surface area contributed by atoms with Crippen molar-refractivity contribution in [1.82, 2.24) is 9.96 Å². The highest BCUT2D eigenvalue weighted by Crippen LogP contribution is 2.09. The molecule has 0 heterocycles. The molecule has 0 aromatic rings. The van der Waals surface area contributed by atoms with Crippen LogP contribution < -0.4 is 0 Å². The number of likely N-dealkylation sites (N-methyl/N-ethyl adjacent to an activating group) is 1. The normalized spacial score (nSPS) is 13.8. The fourth-order valence-corrected chi connectivity index (χ4v) is 2.08. The third kappa shape index (κ3) is 10.1. The van der Waals surface area contributed by atoms with E-state index in [9.17, 15) is 5.21 Å². The summed E-state index contributed by atoms with van der Waals surface area (Å²) in [5, 5.41) is 11.4. The first kappa shape index (κ1) is 18.6. The maximum absolute atomic E-state index is 9.92. The summed E-state index contributed by atoms with van der Waals surface area (Å²) in [6.45, 7) is 12.5. The summed E-state index contributed by atoms with van der Waals surface area (Å²) >= 11 is 0. The molecule has 1 atom stereocenters. The molecule has 0 aromatic carbocycles. The lowest BCUT2D eigenvalue weighted by Crippen LogP contribution is -2.30. The Labute approximate surface area is 120 Å². The van der Waals surface area contributed by atoms with Gasteiger partial charge in [0.2, 0.25) is 0 Å². The standard InChI is InChI=1S/C16H34N2O/c1-5-8-9-10-13-16(4)18(19)15-12-11-14-17(6-2)7-3/h11-12,16,19H,5-10,13-15H2,1-4H3/b12-11+. The molecule has 19 heavy (non-hydrogen) atoms. The van der Waals surface area contributed by atoms with E-state index in [4.69, 9.17) is 0 Å². The maximum atomic E-state index is 9.92. The second-order valence-corrected chi connectivity index (χ2v) is 5.28. The monoisotopic (exact) mass is 270 g/mol. The third-order valence-electron chi connectivity index (χ3n) is 3.70. The van der Waals surface area contributed by atoms with Crippen LogP contribution in [-0.2, 0) is 0 Å². The molecule has 3 heteroatoms. The fraction of sp³-hybridized carbons (Fsp3) is 0.875. The van der Waals surface area contributed by atoms with Gasteiger partial charge in [-0.2, -0.15) is 5.06 Å². The zero-order valence-electron chi connectivity index (χ0n) is 13.4. The molecule has 0 aromatic heterocycles. The molecule has 3 nitrogen and oxygen atoms in total. The van der Waals surface area contributed by atoms with E-state index in [0.29, 0.717) is 6.54 Å². The third-order valence-corrected chi connectivity index (χ3v) is 3.70. The summed E-state index contributed by atoms with van der Waals surface area (Å²) in [4.78, 5) is 2.35. The van der Waals surface area contributed by atoms with E-state index in [0.717, 1.165) is 26.1 Å². The zero-order chi connectivity index (χ0) is 14.5. The van der Waals surface area contributed by atoms with Crippen LogP contribution in [0.15, 0.2) is 12.2 Å². The Morgan fingerprint density at radius 2 is 1.58 bits per heavy atom. The zero-order valence-corrected chi connectivity index (χ0v) is 13.4. The molecule has 0 aliphatic rings. The molecular weight excluding hydrogens is 236 g/mol. The van der Waals surface area contributed by atoms with E-state index in [1.807, 2.05) is 0 Å². The molecule has 0 radical (unpaired) electrons. The first-order valence-electron chi connectivity index (χ1n) is 7.98. The smallest absolute Gasteiger partial charge is 0.0422 e. The molecule has 0 bridgehead atoms. The van der Waals surface area contributed by atoms with Crippen LogP contribution in [0.4, 0.5) is 0 Å². The Morgan fingerprint density at radius 1 is 0.947 bits per heavy atom. The van der Waals surface area contributed by atoms with Crippen LogP contribution in [0.3, 0.4) is 0 Å². The Kier molecular flexibility index (Phi) is 12.4. The number of nitrogens with zero attached hydrogens (tertiary/aromatic N) is 2. The van der Waals surface area contributed by atoms with E-state index in [1.165, 1.54) is 30.7 Å². The van der Waals surface area contributed by atoms with Gasteiger partial charge in [0.15, 0.2) is 0 Å². The highest BCUT2D eigenvalue weighted by molar-refractivity contribution is 4.86. The van der Waals surface area contributed by atoms with Crippen LogP contribution in [0.2, 0.25) is 0 Å². The Bertz CT molecular complexity index is 215. The number of hydrogen-bond acceptors (Lipinski definition) is 3. The fourth-order valence-electron chi connectivity index (χ4n) is 2.08. The summed E-state index contributed by atoms with van der Waals surface area (Å²) in [6, 6.07) is 0.259. The Morgan fingerprint density at radius 3 is 2.16 bits per heavy atom. The average Bonchev–Trinajstić information content (AvgIpc) is 2.43. The van der Waals surface area contributed by atoms with Gasteiger partial charge in [-0.3, -0.25) is 0 Å². The molecule has 0 fully saturated rings. The van der Waals surface area contributed by atoms with Gasteiger partial charge in [-0.1, -0.05) is 58.6 Å². The van der Waals surface area contributed by atoms with Gasteiger partial charge in [0.1, 0.15) is 0 Å². The summed E-state index contributed by atoms with van der Waals surface area (Å²) in [6.07, 6.45) is 10.4. The number of unbranched alkanes of at least 4 members (excludes halogenated alkanes) is 3. The first-order valence-corrected chi connectivity index (χ1v) is 7.98. The molecule has 0 saturated carbocycles. The van der Waals surface area contributed by atoms with Crippen molar-refractivity contribution < 1.29 is 5.21 Å². The van der Waals surface area contributed by atoms with Gasteiger partial charge in [0, 0.05) is 19.1 Å². The Balaban J connectivity index is 3.71. The SMILES string of the molecule is CCCCCCC(C)N(O)C/C=C/CN(CC)CC. The topological polar surface area (TPSA) is 26.7 Å². The van der Waals surface area contributed by atoms with Gasteiger partial charge in [-0.15, -0.1) is 0 Å². The second-order valence-electron chi connectivity index (χ2n) is 5.28. The molecule has 0 amide bonds. The van der Waals surface area contributed by atoms with Crippen molar-refractivity contribution >= 4 is 0 Å². The van der Waals surface area contributed by atoms with Gasteiger partial charge in [0.05, 0.1) is 0 Å². The molecule has 1 unspecified atom stereocenters. The predicted octanol–water partition coefficient (Wildman–Crippen LogP) is 3.93. The van der Waals surface area contributed by atoms with Crippen molar-refractivity contribution in [3.8, 4) is 0 Å². The number of hydroxylamine groups is 2. The predicted molar refractivity (Wildman–Crippen MR) is 83.6 cm³/mol. The quantitative estimate of drug-likeness (QED) is 0.331. The molecule has 0 spiro atoms. The maximum Gasteiger partial charge on any atom is 0.0422 e. The summed E-state index contributed by atoms with van der Waals surface area (Å²) in [7, 11) is 0. The van der Waals surface area contributed by atoms with E-state index in [-0.39, 0.29) is 6.04 Å². The van der Waals surface area contributed by atoms with Crippen LogP contribution >= 0.6 is 0 Å². The lowest BCUT2D eigenvalue weighted by molar-refractivity contribution is -0.114. The van der Waals surface area contributed by atoms with Crippen LogP contribution in [-0.4, -0.2) is 47.4 Å². The van der Waals surface area contributed by atoms with Crippen molar-refractivity contribution in [3.05, 3.63) is 12.2 Å². The molecular formula is C16H34N2O. The summed E-state index contributed by atoms with van der Waals surface area (Å²) in [5.74, 6) is 0. The van der Waals surface area contributed by atoms with Gasteiger partial charge in [0.25, 0.3) is 0 Å². The highest BCUT2D eigenvalue weighted by Gasteiger charge is 2.08. The second kappa shape index (κ2) is 12.6. The van der Waals surface area contributed by atoms with Gasteiger partial charge >= 0.3 is 0 Å². The Hall–Kier alpha value is -0.380. The van der Waals surface area contributed by atoms with Crippen LogP contribution in [0, 0.1) is 0 Å². The highest BCUT2D eigenvalue weighted by atomic mass is 16.5. The van der Waals surface area contributed by atoms with Crippen molar-refractivity contribution in [2.45, 2.75) is 65.8 Å². The number of hydrogen-bond donors (Lipinski definition) is 1. The van der Waals surface area contributed by atoms with Gasteiger partial charge in [-0.05, 0) is 26.4 Å². The van der Waals surface area contributed by atoms with Crippen LogP contribution in [0.25, 0.3) is 0 Å². The van der Waals surface area contributed by atoms with Crippen LogP contribution in [0.1, 0.15) is 59.8 Å². The lowest BCUT2D eigenvalue weighted by atomic mass is 10.1. The minimum Gasteiger partial charge on any atom is -0.313 e.